The van der Waals surface area contributed by atoms with E-state index in [1.165, 1.54) is 0 Å². The summed E-state index contributed by atoms with van der Waals surface area (Å²) in [6.07, 6.45) is -4.75. The van der Waals surface area contributed by atoms with Crippen LogP contribution in [0, 0.1) is 0 Å². The van der Waals surface area contributed by atoms with Gasteiger partial charge in [0.15, 0.2) is 0 Å². The molecule has 0 fully saturated rings. The fourth-order valence-corrected chi connectivity index (χ4v) is 0.312. The molecule has 0 heterocycles. The quantitative estimate of drug-likeness (QED) is 0.565. The van der Waals surface area contributed by atoms with Crippen molar-refractivity contribution in [3.8, 4) is 0 Å². The molecule has 4 nitrogen and oxygen atoms in total. The molecule has 0 atom stereocenters. The summed E-state index contributed by atoms with van der Waals surface area (Å²) in [5.74, 6) is 0. The van der Waals surface area contributed by atoms with Gasteiger partial charge >= 0.3 is 12.3 Å². The first-order chi connectivity index (χ1) is 4.95. The van der Waals surface area contributed by atoms with Crippen LogP contribution in [0.2, 0.25) is 0 Å². The van der Waals surface area contributed by atoms with Crippen LogP contribution in [-0.4, -0.2) is 30.6 Å². The fourth-order valence-electron chi connectivity index (χ4n) is 0.312. The first-order valence-corrected chi connectivity index (χ1v) is 2.63. The van der Waals surface area contributed by atoms with Gasteiger partial charge in [-0.3, -0.25) is 0 Å². The summed E-state index contributed by atoms with van der Waals surface area (Å²) in [5.41, 5.74) is 0. The van der Waals surface area contributed by atoms with E-state index in [0.29, 0.717) is 5.32 Å². The van der Waals surface area contributed by atoms with Gasteiger partial charge in [-0.15, -0.1) is 0 Å². The number of alkyl halides is 3. The van der Waals surface area contributed by atoms with Crippen molar-refractivity contribution >= 4 is 6.03 Å². The highest BCUT2D eigenvalue weighted by molar-refractivity contribution is 5.73. The Hall–Kier alpha value is -0.980. The van der Waals surface area contributed by atoms with E-state index in [0.717, 1.165) is 0 Å². The van der Waals surface area contributed by atoms with Crippen molar-refractivity contribution in [2.75, 3.05) is 13.2 Å². The lowest BCUT2D eigenvalue weighted by molar-refractivity contribution is -0.145. The van der Waals surface area contributed by atoms with Gasteiger partial charge in [0.05, 0.1) is 13.2 Å². The van der Waals surface area contributed by atoms with Gasteiger partial charge in [0.2, 0.25) is 0 Å². The maximum absolute atomic E-state index is 11.3. The number of aliphatic hydroxyl groups is 1. The molecule has 1 radical (unpaired) electrons. The van der Waals surface area contributed by atoms with E-state index in [1.54, 1.807) is 0 Å². The minimum Gasteiger partial charge on any atom is -0.394 e. The van der Waals surface area contributed by atoms with Crippen LogP contribution in [0.4, 0.5) is 18.0 Å². The van der Waals surface area contributed by atoms with Crippen LogP contribution in [0.3, 0.4) is 0 Å². The summed E-state index contributed by atoms with van der Waals surface area (Å²) in [6.45, 7) is -0.785. The summed E-state index contributed by atoms with van der Waals surface area (Å²) in [6, 6.07) is -1.49. The Bertz CT molecular complexity index is 136. The number of nitrogens with zero attached hydrogens (tertiary/aromatic N) is 1. The Morgan fingerprint density at radius 1 is 1.55 bits per heavy atom. The number of amides is 2. The van der Waals surface area contributed by atoms with Gasteiger partial charge in [-0.25, -0.2) is 15.4 Å². The molecular formula is C4H6F3N2O2. The SMILES string of the molecule is O=C([N]CCO)NC(F)(F)F. The Balaban J connectivity index is 3.53. The molecule has 0 saturated carbocycles. The third-order valence-corrected chi connectivity index (χ3v) is 0.604. The zero-order valence-corrected chi connectivity index (χ0v) is 5.35. The van der Waals surface area contributed by atoms with Gasteiger partial charge in [-0.05, 0) is 0 Å². The van der Waals surface area contributed by atoms with Crippen molar-refractivity contribution in [1.82, 2.24) is 10.6 Å². The van der Waals surface area contributed by atoms with Gasteiger partial charge in [-0.2, -0.15) is 13.2 Å². The van der Waals surface area contributed by atoms with Crippen LogP contribution in [0.5, 0.6) is 0 Å². The number of rotatable bonds is 2. The van der Waals surface area contributed by atoms with Crippen molar-refractivity contribution in [2.24, 2.45) is 0 Å². The van der Waals surface area contributed by atoms with Gasteiger partial charge in [0.25, 0.3) is 0 Å². The predicted molar refractivity (Wildman–Crippen MR) is 28.7 cm³/mol. The molecule has 0 aliphatic carbocycles. The zero-order chi connectivity index (χ0) is 8.91. The molecule has 2 amide bonds. The lowest BCUT2D eigenvalue weighted by atomic mass is 10.7. The molecule has 2 N–H and O–H groups in total. The summed E-state index contributed by atoms with van der Waals surface area (Å²) in [7, 11) is 0. The topological polar surface area (TPSA) is 63.4 Å². The van der Waals surface area contributed by atoms with Crippen LogP contribution < -0.4 is 10.6 Å². The molecule has 0 spiro atoms. The summed E-state index contributed by atoms with van der Waals surface area (Å²) in [4.78, 5) is 10.1. The smallest absolute Gasteiger partial charge is 0.394 e. The van der Waals surface area contributed by atoms with E-state index in [1.807, 2.05) is 0 Å². The minimum absolute atomic E-state index is 0.331. The Morgan fingerprint density at radius 3 is 2.45 bits per heavy atom. The van der Waals surface area contributed by atoms with E-state index in [9.17, 15) is 18.0 Å². The molecule has 0 aromatic carbocycles. The van der Waals surface area contributed by atoms with E-state index in [2.05, 4.69) is 5.32 Å². The van der Waals surface area contributed by atoms with Gasteiger partial charge in [0.1, 0.15) is 0 Å². The highest BCUT2D eigenvalue weighted by Gasteiger charge is 2.30. The van der Waals surface area contributed by atoms with Crippen LogP contribution >= 0.6 is 0 Å². The summed E-state index contributed by atoms with van der Waals surface area (Å²) in [5, 5.41) is 11.5. The van der Waals surface area contributed by atoms with Crippen molar-refractivity contribution in [3.05, 3.63) is 0 Å². The Kier molecular flexibility index (Phi) is 3.66. The highest BCUT2D eigenvalue weighted by atomic mass is 19.4. The maximum Gasteiger partial charge on any atom is 0.486 e. The number of halogens is 3. The van der Waals surface area contributed by atoms with E-state index in [-0.39, 0.29) is 6.54 Å². The molecule has 11 heavy (non-hydrogen) atoms. The number of hydrogen-bond acceptors (Lipinski definition) is 2. The van der Waals surface area contributed by atoms with Crippen LogP contribution in [0.25, 0.3) is 0 Å². The Morgan fingerprint density at radius 2 is 2.09 bits per heavy atom. The average molecular weight is 171 g/mol. The largest absolute Gasteiger partial charge is 0.486 e. The summed E-state index contributed by atoms with van der Waals surface area (Å²) >= 11 is 0. The highest BCUT2D eigenvalue weighted by Crippen LogP contribution is 2.08. The second kappa shape index (κ2) is 4.02. The number of nitrogens with one attached hydrogen (secondary N) is 1. The molecule has 65 valence electrons. The molecular weight excluding hydrogens is 165 g/mol. The third-order valence-electron chi connectivity index (χ3n) is 0.604. The van der Waals surface area contributed by atoms with Crippen molar-refractivity contribution in [2.45, 2.75) is 6.30 Å². The first-order valence-electron chi connectivity index (χ1n) is 2.63. The second-order valence-electron chi connectivity index (χ2n) is 1.53. The van der Waals surface area contributed by atoms with E-state index in [4.69, 9.17) is 5.11 Å². The zero-order valence-electron chi connectivity index (χ0n) is 5.35. The molecule has 0 aromatic heterocycles. The van der Waals surface area contributed by atoms with E-state index >= 15 is 0 Å². The average Bonchev–Trinajstić information content (AvgIpc) is 1.79. The number of carbonyl (C=O) groups is 1. The molecule has 0 bridgehead atoms. The normalized spacial score (nSPS) is 10.9. The molecule has 0 saturated heterocycles. The predicted octanol–water partition coefficient (Wildman–Crippen LogP) is -0.188. The number of urea groups is 1. The minimum atomic E-state index is -4.75. The molecule has 0 aromatic rings. The van der Waals surface area contributed by atoms with Crippen LogP contribution in [0.1, 0.15) is 0 Å². The lowest BCUT2D eigenvalue weighted by Gasteiger charge is -2.06. The van der Waals surface area contributed by atoms with Crippen LogP contribution in [-0.2, 0) is 0 Å². The van der Waals surface area contributed by atoms with Crippen molar-refractivity contribution < 1.29 is 23.1 Å². The lowest BCUT2D eigenvalue weighted by Crippen LogP contribution is -2.41. The first kappa shape index (κ1) is 10.0. The van der Waals surface area contributed by atoms with E-state index < -0.39 is 18.9 Å². The van der Waals surface area contributed by atoms with Gasteiger partial charge in [0, 0.05) is 0 Å². The third kappa shape index (κ3) is 6.91. The molecule has 0 aliphatic rings. The number of carbonyl (C=O) groups excluding carboxylic acids is 1. The van der Waals surface area contributed by atoms with Gasteiger partial charge < -0.3 is 5.11 Å². The second-order valence-corrected chi connectivity index (χ2v) is 1.53. The van der Waals surface area contributed by atoms with Crippen molar-refractivity contribution in [1.29, 1.82) is 0 Å². The Labute approximate surface area is 60.4 Å². The van der Waals surface area contributed by atoms with Crippen molar-refractivity contribution in [3.63, 3.8) is 0 Å². The molecule has 7 heteroatoms. The van der Waals surface area contributed by atoms with Crippen LogP contribution in [0.15, 0.2) is 0 Å². The number of aliphatic hydroxyl groups excluding tert-OH is 1. The summed E-state index contributed by atoms with van der Waals surface area (Å²) < 4.78 is 33.8. The maximum atomic E-state index is 11.3. The number of hydrogen-bond donors (Lipinski definition) is 2. The molecule has 0 rings (SSSR count). The molecule has 0 aliphatic heterocycles. The standard InChI is InChI=1S/C4H6F3N2O2/c5-4(6,7)9-3(11)8-1-2-10/h10H,1-2H2,(H,9,11). The monoisotopic (exact) mass is 171 g/mol. The fraction of sp³-hybridized carbons (Fsp3) is 0.750. The molecule has 0 unspecified atom stereocenters. The van der Waals surface area contributed by atoms with Gasteiger partial charge in [-0.1, -0.05) is 0 Å².